The number of ether oxygens (including phenoxy) is 1. The zero-order chi connectivity index (χ0) is 15.1. The lowest BCUT2D eigenvalue weighted by Crippen LogP contribution is -2.19. The molecule has 0 saturated carbocycles. The van der Waals surface area contributed by atoms with Gasteiger partial charge in [0, 0.05) is 24.3 Å². The molecule has 0 amide bonds. The molecule has 2 rings (SSSR count). The molecular formula is C15H12N2O4. The van der Waals surface area contributed by atoms with Crippen molar-refractivity contribution in [3.63, 3.8) is 0 Å². The van der Waals surface area contributed by atoms with Crippen molar-refractivity contribution in [2.24, 2.45) is 0 Å². The van der Waals surface area contributed by atoms with E-state index in [1.807, 2.05) is 6.07 Å². The molecule has 2 aromatic rings. The van der Waals surface area contributed by atoms with Crippen LogP contribution >= 0.6 is 0 Å². The Kier molecular flexibility index (Phi) is 4.66. The Labute approximate surface area is 120 Å². The lowest BCUT2D eigenvalue weighted by Gasteiger charge is -2.05. The topological polar surface area (TPSA) is 88.5 Å². The quantitative estimate of drug-likeness (QED) is 0.378. The monoisotopic (exact) mass is 284 g/mol. The number of para-hydroxylation sites is 1. The zero-order valence-corrected chi connectivity index (χ0v) is 10.9. The second kappa shape index (κ2) is 6.85. The maximum absolute atomic E-state index is 11.8. The molecule has 0 radical (unpaired) electrons. The van der Waals surface area contributed by atoms with Gasteiger partial charge in [0.05, 0.1) is 0 Å². The number of carbonyl (C=O) groups is 2. The summed E-state index contributed by atoms with van der Waals surface area (Å²) in [5.74, 6) is -2.11. The van der Waals surface area contributed by atoms with Gasteiger partial charge in [-0.15, -0.1) is 0 Å². The van der Waals surface area contributed by atoms with E-state index in [0.717, 1.165) is 6.20 Å². The van der Waals surface area contributed by atoms with Gasteiger partial charge in [-0.3, -0.25) is 4.98 Å². The molecule has 0 aliphatic rings. The lowest BCUT2D eigenvalue weighted by molar-refractivity contribution is -0.138. The summed E-state index contributed by atoms with van der Waals surface area (Å²) in [7, 11) is 0. The molecule has 1 aromatic heterocycles. The Morgan fingerprint density at radius 2 is 1.76 bits per heavy atom. The second-order valence-electron chi connectivity index (χ2n) is 3.95. The van der Waals surface area contributed by atoms with Gasteiger partial charge >= 0.3 is 11.9 Å². The zero-order valence-electron chi connectivity index (χ0n) is 10.9. The number of pyridine rings is 1. The summed E-state index contributed by atoms with van der Waals surface area (Å²) in [5, 5.41) is 11.8. The van der Waals surface area contributed by atoms with Gasteiger partial charge in [-0.05, 0) is 24.3 Å². The van der Waals surface area contributed by atoms with Crippen LogP contribution in [0.5, 0.6) is 5.75 Å². The molecule has 21 heavy (non-hydrogen) atoms. The first-order valence-corrected chi connectivity index (χ1v) is 6.04. The Balaban J connectivity index is 2.11. The maximum Gasteiger partial charge on any atom is 0.352 e. The van der Waals surface area contributed by atoms with E-state index in [0.29, 0.717) is 5.69 Å². The van der Waals surface area contributed by atoms with Crippen molar-refractivity contribution < 1.29 is 19.4 Å². The number of aromatic nitrogens is 1. The summed E-state index contributed by atoms with van der Waals surface area (Å²) in [6.07, 6.45) is 3.98. The number of benzene rings is 1. The second-order valence-corrected chi connectivity index (χ2v) is 3.95. The molecule has 2 N–H and O–H groups in total. The van der Waals surface area contributed by atoms with Crippen LogP contribution in [-0.2, 0) is 9.59 Å². The number of esters is 1. The summed E-state index contributed by atoms with van der Waals surface area (Å²) in [6.45, 7) is 0. The highest BCUT2D eigenvalue weighted by Crippen LogP contribution is 2.11. The highest BCUT2D eigenvalue weighted by atomic mass is 16.5. The molecule has 0 fully saturated rings. The van der Waals surface area contributed by atoms with Gasteiger partial charge < -0.3 is 15.2 Å². The van der Waals surface area contributed by atoms with Crippen LogP contribution in [0.4, 0.5) is 5.69 Å². The smallest absolute Gasteiger partial charge is 0.352 e. The summed E-state index contributed by atoms with van der Waals surface area (Å²) < 4.78 is 4.96. The van der Waals surface area contributed by atoms with Crippen molar-refractivity contribution in [2.75, 3.05) is 5.32 Å². The van der Waals surface area contributed by atoms with Crippen molar-refractivity contribution in [3.05, 3.63) is 66.6 Å². The molecule has 0 aliphatic carbocycles. The van der Waals surface area contributed by atoms with Crippen molar-refractivity contribution in [2.45, 2.75) is 0 Å². The third-order valence-electron chi connectivity index (χ3n) is 2.47. The van der Waals surface area contributed by atoms with Crippen LogP contribution in [0.3, 0.4) is 0 Å². The number of carboxylic acids is 1. The number of rotatable bonds is 5. The minimum atomic E-state index is -1.38. The summed E-state index contributed by atoms with van der Waals surface area (Å²) in [6, 6.07) is 11.8. The highest BCUT2D eigenvalue weighted by Gasteiger charge is 2.19. The lowest BCUT2D eigenvalue weighted by atomic mass is 10.3. The van der Waals surface area contributed by atoms with Crippen LogP contribution in [0.15, 0.2) is 66.6 Å². The predicted molar refractivity (Wildman–Crippen MR) is 75.7 cm³/mol. The molecule has 0 unspecified atom stereocenters. The highest BCUT2D eigenvalue weighted by molar-refractivity contribution is 6.14. The third kappa shape index (κ3) is 4.17. The summed E-state index contributed by atoms with van der Waals surface area (Å²) >= 11 is 0. The molecule has 0 bridgehead atoms. The van der Waals surface area contributed by atoms with E-state index in [2.05, 4.69) is 10.3 Å². The van der Waals surface area contributed by atoms with E-state index in [4.69, 9.17) is 9.84 Å². The van der Waals surface area contributed by atoms with Gasteiger partial charge in [-0.1, -0.05) is 18.2 Å². The van der Waals surface area contributed by atoms with Gasteiger partial charge in [0.2, 0.25) is 0 Å². The average Bonchev–Trinajstić information content (AvgIpc) is 2.49. The molecule has 0 saturated heterocycles. The Morgan fingerprint density at radius 1 is 1.10 bits per heavy atom. The van der Waals surface area contributed by atoms with Gasteiger partial charge in [0.25, 0.3) is 0 Å². The number of hydrogen-bond donors (Lipinski definition) is 2. The average molecular weight is 284 g/mol. The molecule has 1 heterocycles. The van der Waals surface area contributed by atoms with E-state index in [9.17, 15) is 9.59 Å². The van der Waals surface area contributed by atoms with Crippen LogP contribution in [0.25, 0.3) is 0 Å². The number of carbonyl (C=O) groups excluding carboxylic acids is 1. The van der Waals surface area contributed by atoms with Crippen molar-refractivity contribution in [3.8, 4) is 5.75 Å². The Hall–Kier alpha value is -3.15. The van der Waals surface area contributed by atoms with Gasteiger partial charge in [-0.2, -0.15) is 0 Å². The fraction of sp³-hybridized carbons (Fsp3) is 0. The largest absolute Gasteiger partial charge is 0.477 e. The van der Waals surface area contributed by atoms with E-state index >= 15 is 0 Å². The number of hydrogen-bond acceptors (Lipinski definition) is 5. The molecular weight excluding hydrogens is 272 g/mol. The van der Waals surface area contributed by atoms with Crippen molar-refractivity contribution in [1.29, 1.82) is 0 Å². The molecule has 0 spiro atoms. The van der Waals surface area contributed by atoms with E-state index < -0.39 is 17.5 Å². The van der Waals surface area contributed by atoms with E-state index in [-0.39, 0.29) is 5.75 Å². The molecule has 0 aliphatic heterocycles. The number of nitrogens with one attached hydrogen (secondary N) is 1. The minimum absolute atomic E-state index is 0.224. The minimum Gasteiger partial charge on any atom is -0.477 e. The van der Waals surface area contributed by atoms with Crippen LogP contribution in [-0.4, -0.2) is 22.0 Å². The SMILES string of the molecule is O=C(O)C(=CNc1ccccc1)C(=O)Oc1ccncc1. The van der Waals surface area contributed by atoms with Crippen LogP contribution in [0, 0.1) is 0 Å². The fourth-order valence-corrected chi connectivity index (χ4v) is 1.47. The number of anilines is 1. The van der Waals surface area contributed by atoms with Gasteiger partial charge in [0.1, 0.15) is 5.75 Å². The molecule has 106 valence electrons. The van der Waals surface area contributed by atoms with Crippen molar-refractivity contribution >= 4 is 17.6 Å². The first-order chi connectivity index (χ1) is 10.2. The van der Waals surface area contributed by atoms with E-state index in [1.165, 1.54) is 24.5 Å². The summed E-state index contributed by atoms with van der Waals surface area (Å²) in [4.78, 5) is 26.7. The van der Waals surface area contributed by atoms with Crippen LogP contribution in [0.2, 0.25) is 0 Å². The fourth-order valence-electron chi connectivity index (χ4n) is 1.47. The van der Waals surface area contributed by atoms with Crippen LogP contribution < -0.4 is 10.1 Å². The first-order valence-electron chi connectivity index (χ1n) is 6.04. The Bertz CT molecular complexity index is 654. The standard InChI is InChI=1S/C15H12N2O4/c18-14(19)13(10-17-11-4-2-1-3-5-11)15(20)21-12-6-8-16-9-7-12/h1-10,17H,(H,18,19). The molecule has 0 atom stereocenters. The van der Waals surface area contributed by atoms with Gasteiger partial charge in [-0.25, -0.2) is 9.59 Å². The van der Waals surface area contributed by atoms with Crippen molar-refractivity contribution in [1.82, 2.24) is 4.98 Å². The third-order valence-corrected chi connectivity index (χ3v) is 2.47. The maximum atomic E-state index is 11.8. The van der Waals surface area contributed by atoms with Gasteiger partial charge in [0.15, 0.2) is 5.57 Å². The molecule has 6 heteroatoms. The number of carboxylic acid groups (broad SMARTS) is 1. The Morgan fingerprint density at radius 3 is 2.38 bits per heavy atom. The molecule has 1 aromatic carbocycles. The molecule has 6 nitrogen and oxygen atoms in total. The first kappa shape index (κ1) is 14.3. The van der Waals surface area contributed by atoms with Crippen LogP contribution in [0.1, 0.15) is 0 Å². The number of nitrogens with zero attached hydrogens (tertiary/aromatic N) is 1. The van der Waals surface area contributed by atoms with E-state index in [1.54, 1.807) is 24.3 Å². The predicted octanol–water partition coefficient (Wildman–Crippen LogP) is 2.07. The number of aliphatic carboxylic acids is 1. The normalized spacial score (nSPS) is 10.8. The summed E-state index contributed by atoms with van der Waals surface area (Å²) in [5.41, 5.74) is 0.156.